The van der Waals surface area contributed by atoms with E-state index in [-0.39, 0.29) is 5.28 Å². The standard InChI is InChI=1S/C10H10Cl2N4/c11-8-5-15-10(12)16-9(8)6(3-13)4-14-7-1-2-7/h3-5,7H,1-2,13H2/b6-3+,14-4?. The molecule has 0 saturated heterocycles. The average molecular weight is 257 g/mol. The molecule has 2 rings (SSSR count). The van der Waals surface area contributed by atoms with Gasteiger partial charge in [0.1, 0.15) is 0 Å². The molecule has 6 heteroatoms. The quantitative estimate of drug-likeness (QED) is 0.667. The predicted molar refractivity (Wildman–Crippen MR) is 65.7 cm³/mol. The lowest BCUT2D eigenvalue weighted by Crippen LogP contribution is -1.98. The molecule has 0 atom stereocenters. The van der Waals surface area contributed by atoms with E-state index in [9.17, 15) is 0 Å². The van der Waals surface area contributed by atoms with Crippen molar-refractivity contribution in [2.24, 2.45) is 10.7 Å². The highest BCUT2D eigenvalue weighted by atomic mass is 35.5. The van der Waals surface area contributed by atoms with Crippen LogP contribution in [-0.2, 0) is 0 Å². The summed E-state index contributed by atoms with van der Waals surface area (Å²) in [5.74, 6) is 0. The number of nitrogens with two attached hydrogens (primary N) is 1. The van der Waals surface area contributed by atoms with E-state index in [4.69, 9.17) is 28.9 Å². The van der Waals surface area contributed by atoms with Crippen molar-refractivity contribution in [1.82, 2.24) is 9.97 Å². The van der Waals surface area contributed by atoms with Crippen molar-refractivity contribution in [3.8, 4) is 0 Å². The Labute approximate surface area is 103 Å². The van der Waals surface area contributed by atoms with Gasteiger partial charge in [0.15, 0.2) is 0 Å². The molecule has 1 saturated carbocycles. The third-order valence-corrected chi connectivity index (χ3v) is 2.60. The molecule has 2 N–H and O–H groups in total. The second kappa shape index (κ2) is 4.80. The monoisotopic (exact) mass is 256 g/mol. The molecule has 0 amide bonds. The van der Waals surface area contributed by atoms with Crippen LogP contribution in [-0.4, -0.2) is 22.2 Å². The van der Waals surface area contributed by atoms with Crippen molar-refractivity contribution in [2.45, 2.75) is 18.9 Å². The van der Waals surface area contributed by atoms with E-state index >= 15 is 0 Å². The smallest absolute Gasteiger partial charge is 0.222 e. The Morgan fingerprint density at radius 2 is 2.25 bits per heavy atom. The maximum absolute atomic E-state index is 5.96. The zero-order chi connectivity index (χ0) is 11.5. The maximum atomic E-state index is 5.96. The van der Waals surface area contributed by atoms with E-state index in [0.717, 1.165) is 12.8 Å². The van der Waals surface area contributed by atoms with Gasteiger partial charge in [0.2, 0.25) is 5.28 Å². The Balaban J connectivity index is 2.28. The highest BCUT2D eigenvalue weighted by Gasteiger charge is 2.19. The molecule has 1 heterocycles. The summed E-state index contributed by atoms with van der Waals surface area (Å²) < 4.78 is 0. The number of allylic oxidation sites excluding steroid dienone is 1. The van der Waals surface area contributed by atoms with Crippen LogP contribution in [0.4, 0.5) is 0 Å². The minimum absolute atomic E-state index is 0.138. The molecule has 0 unspecified atom stereocenters. The minimum Gasteiger partial charge on any atom is -0.404 e. The van der Waals surface area contributed by atoms with Crippen molar-refractivity contribution in [2.75, 3.05) is 0 Å². The highest BCUT2D eigenvalue weighted by molar-refractivity contribution is 6.34. The highest BCUT2D eigenvalue weighted by Crippen LogP contribution is 2.25. The first-order chi connectivity index (χ1) is 7.70. The third kappa shape index (κ3) is 2.71. The lowest BCUT2D eigenvalue weighted by atomic mass is 10.2. The summed E-state index contributed by atoms with van der Waals surface area (Å²) in [4.78, 5) is 12.1. The lowest BCUT2D eigenvalue weighted by molar-refractivity contribution is 1.08. The molecular formula is C10H10Cl2N4. The van der Waals surface area contributed by atoms with Crippen LogP contribution in [0.2, 0.25) is 10.3 Å². The fourth-order valence-corrected chi connectivity index (χ4v) is 1.47. The Morgan fingerprint density at radius 1 is 1.50 bits per heavy atom. The Kier molecular flexibility index (Phi) is 3.41. The first-order valence-corrected chi connectivity index (χ1v) is 5.60. The van der Waals surface area contributed by atoms with Gasteiger partial charge in [-0.25, -0.2) is 9.97 Å². The molecule has 0 aromatic carbocycles. The lowest BCUT2D eigenvalue weighted by Gasteiger charge is -2.02. The summed E-state index contributed by atoms with van der Waals surface area (Å²) in [6, 6.07) is 0.422. The largest absolute Gasteiger partial charge is 0.404 e. The van der Waals surface area contributed by atoms with Gasteiger partial charge in [0, 0.05) is 18.0 Å². The van der Waals surface area contributed by atoms with Crippen LogP contribution < -0.4 is 5.73 Å². The zero-order valence-electron chi connectivity index (χ0n) is 8.40. The number of hydrogen-bond acceptors (Lipinski definition) is 4. The molecular weight excluding hydrogens is 247 g/mol. The maximum Gasteiger partial charge on any atom is 0.222 e. The summed E-state index contributed by atoms with van der Waals surface area (Å²) in [6.45, 7) is 0. The molecule has 0 aliphatic heterocycles. The van der Waals surface area contributed by atoms with Gasteiger partial charge in [-0.3, -0.25) is 4.99 Å². The summed E-state index contributed by atoms with van der Waals surface area (Å²) in [7, 11) is 0. The number of rotatable bonds is 3. The van der Waals surface area contributed by atoms with Crippen molar-refractivity contribution < 1.29 is 0 Å². The summed E-state index contributed by atoms with van der Waals surface area (Å²) in [5.41, 5.74) is 6.68. The van der Waals surface area contributed by atoms with E-state index in [2.05, 4.69) is 15.0 Å². The van der Waals surface area contributed by atoms with Gasteiger partial charge in [-0.15, -0.1) is 0 Å². The molecule has 0 spiro atoms. The van der Waals surface area contributed by atoms with Gasteiger partial charge in [-0.1, -0.05) is 11.6 Å². The molecule has 4 nitrogen and oxygen atoms in total. The van der Waals surface area contributed by atoms with Crippen molar-refractivity contribution in [3.63, 3.8) is 0 Å². The molecule has 0 radical (unpaired) electrons. The SMILES string of the molecule is N/C=C(\C=NC1CC1)c1nc(Cl)ncc1Cl. The second-order valence-electron chi connectivity index (χ2n) is 3.47. The van der Waals surface area contributed by atoms with Gasteiger partial charge < -0.3 is 5.73 Å². The van der Waals surface area contributed by atoms with Crippen molar-refractivity contribution in [1.29, 1.82) is 0 Å². The van der Waals surface area contributed by atoms with Crippen LogP contribution in [0.25, 0.3) is 5.57 Å². The van der Waals surface area contributed by atoms with Crippen LogP contribution in [0, 0.1) is 0 Å². The summed E-state index contributed by atoms with van der Waals surface area (Å²) >= 11 is 11.7. The van der Waals surface area contributed by atoms with E-state index < -0.39 is 0 Å². The molecule has 84 valence electrons. The van der Waals surface area contributed by atoms with E-state index in [0.29, 0.717) is 22.3 Å². The van der Waals surface area contributed by atoms with Gasteiger partial charge >= 0.3 is 0 Å². The van der Waals surface area contributed by atoms with Crippen LogP contribution in [0.5, 0.6) is 0 Å². The second-order valence-corrected chi connectivity index (χ2v) is 4.21. The van der Waals surface area contributed by atoms with Gasteiger partial charge in [0.05, 0.1) is 23.0 Å². The van der Waals surface area contributed by atoms with Gasteiger partial charge in [-0.2, -0.15) is 0 Å². The molecule has 1 aliphatic rings. The number of aliphatic imine (C=N–C) groups is 1. The normalized spacial score (nSPS) is 17.0. The Morgan fingerprint density at radius 3 is 2.88 bits per heavy atom. The van der Waals surface area contributed by atoms with Crippen LogP contribution in [0.3, 0.4) is 0 Å². The fourth-order valence-electron chi connectivity index (χ4n) is 1.14. The third-order valence-electron chi connectivity index (χ3n) is 2.14. The Hall–Kier alpha value is -1.13. The molecule has 1 aromatic rings. The van der Waals surface area contributed by atoms with Crippen LogP contribution in [0.15, 0.2) is 17.4 Å². The summed E-state index contributed by atoms with van der Waals surface area (Å²) in [5, 5.41) is 0.543. The molecule has 1 aliphatic carbocycles. The van der Waals surface area contributed by atoms with E-state index in [1.807, 2.05) is 0 Å². The number of aromatic nitrogens is 2. The first-order valence-electron chi connectivity index (χ1n) is 4.84. The van der Waals surface area contributed by atoms with E-state index in [1.54, 1.807) is 6.21 Å². The summed E-state index contributed by atoms with van der Waals surface area (Å²) in [6.07, 6.45) is 6.80. The fraction of sp³-hybridized carbons (Fsp3) is 0.300. The Bertz CT molecular complexity index is 452. The number of halogens is 2. The zero-order valence-corrected chi connectivity index (χ0v) is 9.91. The van der Waals surface area contributed by atoms with Crippen molar-refractivity contribution >= 4 is 35.0 Å². The molecule has 16 heavy (non-hydrogen) atoms. The predicted octanol–water partition coefficient (Wildman–Crippen LogP) is 2.32. The average Bonchev–Trinajstić information content (AvgIpc) is 3.07. The molecule has 1 aromatic heterocycles. The van der Waals surface area contributed by atoms with Crippen LogP contribution >= 0.6 is 23.2 Å². The number of nitrogens with zero attached hydrogens (tertiary/aromatic N) is 3. The number of hydrogen-bond donors (Lipinski definition) is 1. The molecule has 0 bridgehead atoms. The molecule has 1 fully saturated rings. The topological polar surface area (TPSA) is 64.2 Å². The van der Waals surface area contributed by atoms with Gasteiger partial charge in [-0.05, 0) is 24.4 Å². The first kappa shape index (κ1) is 11.4. The van der Waals surface area contributed by atoms with Crippen molar-refractivity contribution in [3.05, 3.63) is 28.4 Å². The van der Waals surface area contributed by atoms with Crippen LogP contribution in [0.1, 0.15) is 18.5 Å². The van der Waals surface area contributed by atoms with Gasteiger partial charge in [0.25, 0.3) is 0 Å². The van der Waals surface area contributed by atoms with E-state index in [1.165, 1.54) is 12.4 Å². The minimum atomic E-state index is 0.138.